The number of carbonyl (C=O) groups excluding carboxylic acids is 1. The van der Waals surface area contributed by atoms with E-state index < -0.39 is 11.0 Å². The van der Waals surface area contributed by atoms with Crippen molar-refractivity contribution in [1.29, 1.82) is 0 Å². The number of likely N-dealkylation sites (tertiary alicyclic amines) is 1. The molecule has 1 atom stereocenters. The van der Waals surface area contributed by atoms with E-state index in [-0.39, 0.29) is 11.6 Å². The van der Waals surface area contributed by atoms with Gasteiger partial charge in [0.2, 0.25) is 5.91 Å². The fraction of sp³-hybridized carbons (Fsp3) is 0.350. The minimum Gasteiger partial charge on any atom is -0.324 e. The van der Waals surface area contributed by atoms with E-state index in [4.69, 9.17) is 0 Å². The summed E-state index contributed by atoms with van der Waals surface area (Å²) in [6.07, 6.45) is 3.21. The molecular formula is C20H23N3O3. The van der Waals surface area contributed by atoms with Crippen LogP contribution in [0.5, 0.6) is 0 Å². The Morgan fingerprint density at radius 2 is 1.81 bits per heavy atom. The van der Waals surface area contributed by atoms with Gasteiger partial charge in [-0.3, -0.25) is 19.8 Å². The van der Waals surface area contributed by atoms with Crippen molar-refractivity contribution >= 4 is 17.3 Å². The van der Waals surface area contributed by atoms with Gasteiger partial charge in [-0.25, -0.2) is 0 Å². The molecule has 2 aromatic carbocycles. The molecule has 1 aliphatic heterocycles. The lowest BCUT2D eigenvalue weighted by molar-refractivity contribution is -0.384. The molecular weight excluding hydrogens is 330 g/mol. The number of rotatable bonds is 5. The van der Waals surface area contributed by atoms with E-state index in [0.717, 1.165) is 43.6 Å². The first kappa shape index (κ1) is 18.1. The number of aryl methyl sites for hydroxylation is 1. The number of benzene rings is 2. The van der Waals surface area contributed by atoms with E-state index in [2.05, 4.69) is 10.2 Å². The van der Waals surface area contributed by atoms with Gasteiger partial charge in [-0.2, -0.15) is 0 Å². The smallest absolute Gasteiger partial charge is 0.269 e. The van der Waals surface area contributed by atoms with Gasteiger partial charge in [0.15, 0.2) is 0 Å². The molecule has 2 aromatic rings. The molecule has 0 radical (unpaired) electrons. The molecule has 0 bridgehead atoms. The number of anilines is 1. The van der Waals surface area contributed by atoms with Gasteiger partial charge in [0, 0.05) is 17.8 Å². The van der Waals surface area contributed by atoms with Crippen LogP contribution in [-0.4, -0.2) is 28.8 Å². The zero-order chi connectivity index (χ0) is 18.5. The second-order valence-electron chi connectivity index (χ2n) is 6.71. The normalized spacial score (nSPS) is 16.0. The number of nitro benzene ring substituents is 1. The van der Waals surface area contributed by atoms with Crippen molar-refractivity contribution in [2.75, 3.05) is 18.4 Å². The van der Waals surface area contributed by atoms with E-state index in [1.54, 1.807) is 12.1 Å². The topological polar surface area (TPSA) is 75.5 Å². The molecule has 6 nitrogen and oxygen atoms in total. The summed E-state index contributed by atoms with van der Waals surface area (Å²) in [6, 6.07) is 13.5. The zero-order valence-electron chi connectivity index (χ0n) is 14.9. The number of non-ortho nitro benzene ring substituents is 1. The first-order chi connectivity index (χ1) is 12.5. The third kappa shape index (κ3) is 4.26. The van der Waals surface area contributed by atoms with Crippen LogP contribution >= 0.6 is 0 Å². The molecule has 6 heteroatoms. The Morgan fingerprint density at radius 1 is 1.12 bits per heavy atom. The second kappa shape index (κ2) is 8.10. The third-order valence-electron chi connectivity index (χ3n) is 4.72. The lowest BCUT2D eigenvalue weighted by Gasteiger charge is -2.33. The largest absolute Gasteiger partial charge is 0.324 e. The van der Waals surface area contributed by atoms with Crippen LogP contribution in [0.15, 0.2) is 48.5 Å². The lowest BCUT2D eigenvalue weighted by Crippen LogP contribution is -2.40. The highest BCUT2D eigenvalue weighted by atomic mass is 16.6. The van der Waals surface area contributed by atoms with Gasteiger partial charge in [-0.05, 0) is 50.6 Å². The molecule has 1 heterocycles. The standard InChI is InChI=1S/C20H23N3O3/c1-15-8-10-17(11-9-15)21-20(24)19(22-12-3-2-4-13-22)16-6-5-7-18(14-16)23(25)26/h5-11,14,19H,2-4,12-13H2,1H3,(H,21,24)/t19-/m1/s1. The van der Waals surface area contributed by atoms with Crippen LogP contribution in [0.4, 0.5) is 11.4 Å². The van der Waals surface area contributed by atoms with Crippen LogP contribution in [0.25, 0.3) is 0 Å². The summed E-state index contributed by atoms with van der Waals surface area (Å²) in [5.41, 5.74) is 2.51. The van der Waals surface area contributed by atoms with Crippen LogP contribution in [0.1, 0.15) is 36.4 Å². The van der Waals surface area contributed by atoms with Gasteiger partial charge >= 0.3 is 0 Å². The van der Waals surface area contributed by atoms with Crippen molar-refractivity contribution in [3.63, 3.8) is 0 Å². The molecule has 1 saturated heterocycles. The van der Waals surface area contributed by atoms with Crippen LogP contribution in [0.2, 0.25) is 0 Å². The first-order valence-electron chi connectivity index (χ1n) is 8.90. The molecule has 26 heavy (non-hydrogen) atoms. The summed E-state index contributed by atoms with van der Waals surface area (Å²) in [7, 11) is 0. The van der Waals surface area contributed by atoms with Crippen molar-refractivity contribution in [2.45, 2.75) is 32.2 Å². The van der Waals surface area contributed by atoms with Crippen LogP contribution in [0.3, 0.4) is 0 Å². The zero-order valence-corrected chi connectivity index (χ0v) is 14.9. The fourth-order valence-electron chi connectivity index (χ4n) is 3.36. The van der Waals surface area contributed by atoms with Crippen molar-refractivity contribution in [3.8, 4) is 0 Å². The molecule has 1 fully saturated rings. The summed E-state index contributed by atoms with van der Waals surface area (Å²) >= 11 is 0. The Kier molecular flexibility index (Phi) is 5.63. The summed E-state index contributed by atoms with van der Waals surface area (Å²) in [5, 5.41) is 14.1. The molecule has 136 valence electrons. The Balaban J connectivity index is 1.89. The number of nitrogens with zero attached hydrogens (tertiary/aromatic N) is 2. The lowest BCUT2D eigenvalue weighted by atomic mass is 10.00. The SMILES string of the molecule is Cc1ccc(NC(=O)[C@@H](c2cccc([N+](=O)[O-])c2)N2CCCCC2)cc1. The molecule has 0 unspecified atom stereocenters. The second-order valence-corrected chi connectivity index (χ2v) is 6.71. The Hall–Kier alpha value is -2.73. The van der Waals surface area contributed by atoms with Crippen molar-refractivity contribution in [1.82, 2.24) is 4.90 Å². The predicted molar refractivity (Wildman–Crippen MR) is 101 cm³/mol. The molecule has 0 aliphatic carbocycles. The number of nitro groups is 1. The van der Waals surface area contributed by atoms with Crippen LogP contribution in [-0.2, 0) is 4.79 Å². The minimum absolute atomic E-state index is 0.00708. The molecule has 1 aliphatic rings. The van der Waals surface area contributed by atoms with E-state index in [0.29, 0.717) is 5.56 Å². The molecule has 3 rings (SSSR count). The minimum atomic E-state index is -0.531. The van der Waals surface area contributed by atoms with E-state index in [1.165, 1.54) is 12.1 Å². The van der Waals surface area contributed by atoms with E-state index >= 15 is 0 Å². The molecule has 0 aromatic heterocycles. The third-order valence-corrected chi connectivity index (χ3v) is 4.72. The monoisotopic (exact) mass is 353 g/mol. The molecule has 0 spiro atoms. The maximum Gasteiger partial charge on any atom is 0.269 e. The fourth-order valence-corrected chi connectivity index (χ4v) is 3.36. The molecule has 0 saturated carbocycles. The first-order valence-corrected chi connectivity index (χ1v) is 8.90. The Morgan fingerprint density at radius 3 is 2.46 bits per heavy atom. The summed E-state index contributed by atoms with van der Waals surface area (Å²) < 4.78 is 0. The highest BCUT2D eigenvalue weighted by Crippen LogP contribution is 2.28. The average molecular weight is 353 g/mol. The van der Waals surface area contributed by atoms with E-state index in [9.17, 15) is 14.9 Å². The van der Waals surface area contributed by atoms with Crippen molar-refractivity contribution < 1.29 is 9.72 Å². The molecule has 1 N–H and O–H groups in total. The van der Waals surface area contributed by atoms with Crippen LogP contribution < -0.4 is 5.32 Å². The number of nitrogens with one attached hydrogen (secondary N) is 1. The summed E-state index contributed by atoms with van der Waals surface area (Å²) in [6.45, 7) is 3.62. The number of hydrogen-bond donors (Lipinski definition) is 1. The average Bonchev–Trinajstić information content (AvgIpc) is 2.65. The van der Waals surface area contributed by atoms with Gasteiger partial charge in [0.1, 0.15) is 6.04 Å². The number of carbonyl (C=O) groups is 1. The quantitative estimate of drug-likeness (QED) is 0.649. The molecule has 1 amide bonds. The maximum atomic E-state index is 13.1. The predicted octanol–water partition coefficient (Wildman–Crippen LogP) is 4.07. The van der Waals surface area contributed by atoms with Crippen LogP contribution in [0, 0.1) is 17.0 Å². The summed E-state index contributed by atoms with van der Waals surface area (Å²) in [4.78, 5) is 25.9. The van der Waals surface area contributed by atoms with Crippen molar-refractivity contribution in [3.05, 3.63) is 69.8 Å². The number of hydrogen-bond acceptors (Lipinski definition) is 4. The van der Waals surface area contributed by atoms with Gasteiger partial charge in [0.25, 0.3) is 5.69 Å². The van der Waals surface area contributed by atoms with Gasteiger partial charge in [-0.1, -0.05) is 36.2 Å². The summed E-state index contributed by atoms with van der Waals surface area (Å²) in [5.74, 6) is -0.156. The number of piperidine rings is 1. The Labute approximate surface area is 153 Å². The highest BCUT2D eigenvalue weighted by Gasteiger charge is 2.29. The van der Waals surface area contributed by atoms with Gasteiger partial charge < -0.3 is 5.32 Å². The Bertz CT molecular complexity index is 783. The van der Waals surface area contributed by atoms with Gasteiger partial charge in [-0.15, -0.1) is 0 Å². The van der Waals surface area contributed by atoms with Gasteiger partial charge in [0.05, 0.1) is 4.92 Å². The van der Waals surface area contributed by atoms with Crippen molar-refractivity contribution in [2.24, 2.45) is 0 Å². The maximum absolute atomic E-state index is 13.1. The highest BCUT2D eigenvalue weighted by molar-refractivity contribution is 5.95. The van der Waals surface area contributed by atoms with E-state index in [1.807, 2.05) is 31.2 Å². The number of amides is 1.